The maximum atomic E-state index is 13.4. The highest BCUT2D eigenvalue weighted by Crippen LogP contribution is 2.28. The SMILES string of the molecule is Cc1ccc2[nH]c(=O)c(C=C3COc4ccc(F)cc4C3=O)cc2c1. The Labute approximate surface area is 142 Å². The van der Waals surface area contributed by atoms with Crippen LogP contribution < -0.4 is 10.3 Å². The third-order valence-corrected chi connectivity index (χ3v) is 4.22. The Kier molecular flexibility index (Phi) is 3.50. The smallest absolute Gasteiger partial charge is 0.255 e. The summed E-state index contributed by atoms with van der Waals surface area (Å²) >= 11 is 0. The zero-order valence-corrected chi connectivity index (χ0v) is 13.4. The van der Waals surface area contributed by atoms with E-state index in [0.717, 1.165) is 22.5 Å². The number of Topliss-reactive ketones (excluding diaryl/α,β-unsaturated/α-hetero) is 1. The number of aromatic nitrogens is 1. The van der Waals surface area contributed by atoms with Crippen molar-refractivity contribution in [2.45, 2.75) is 6.92 Å². The fourth-order valence-electron chi connectivity index (χ4n) is 2.94. The van der Waals surface area contributed by atoms with Crippen molar-refractivity contribution >= 4 is 22.8 Å². The second-order valence-corrected chi connectivity index (χ2v) is 6.07. The van der Waals surface area contributed by atoms with E-state index in [1.165, 1.54) is 18.2 Å². The van der Waals surface area contributed by atoms with Crippen molar-refractivity contribution in [3.05, 3.63) is 80.9 Å². The zero-order valence-electron chi connectivity index (χ0n) is 13.4. The van der Waals surface area contributed by atoms with Crippen LogP contribution in [0, 0.1) is 12.7 Å². The van der Waals surface area contributed by atoms with Crippen LogP contribution in [0.3, 0.4) is 0 Å². The topological polar surface area (TPSA) is 59.2 Å². The molecule has 4 nitrogen and oxygen atoms in total. The first-order valence-electron chi connectivity index (χ1n) is 7.82. The number of benzene rings is 2. The molecular weight excluding hydrogens is 321 g/mol. The molecular formula is C20H14FNO3. The van der Waals surface area contributed by atoms with Crippen LogP contribution in [0.25, 0.3) is 17.0 Å². The Morgan fingerprint density at radius 3 is 2.80 bits per heavy atom. The second-order valence-electron chi connectivity index (χ2n) is 6.07. The van der Waals surface area contributed by atoms with Gasteiger partial charge in [-0.25, -0.2) is 4.39 Å². The molecule has 2 heterocycles. The van der Waals surface area contributed by atoms with Gasteiger partial charge in [0.1, 0.15) is 18.2 Å². The summed E-state index contributed by atoms with van der Waals surface area (Å²) in [7, 11) is 0. The minimum Gasteiger partial charge on any atom is -0.488 e. The molecule has 0 bridgehead atoms. The number of aryl methyl sites for hydroxylation is 1. The van der Waals surface area contributed by atoms with Gasteiger partial charge in [0, 0.05) is 16.7 Å². The number of ketones is 1. The van der Waals surface area contributed by atoms with Crippen molar-refractivity contribution in [2.24, 2.45) is 0 Å². The Balaban J connectivity index is 1.81. The van der Waals surface area contributed by atoms with Crippen molar-refractivity contribution < 1.29 is 13.9 Å². The van der Waals surface area contributed by atoms with Gasteiger partial charge in [0.2, 0.25) is 0 Å². The van der Waals surface area contributed by atoms with Crippen LogP contribution in [0.1, 0.15) is 21.5 Å². The van der Waals surface area contributed by atoms with Gasteiger partial charge in [0.15, 0.2) is 5.78 Å². The van der Waals surface area contributed by atoms with E-state index >= 15 is 0 Å². The van der Waals surface area contributed by atoms with E-state index in [2.05, 4.69) is 4.98 Å². The number of H-pyrrole nitrogens is 1. The number of carbonyl (C=O) groups excluding carboxylic acids is 1. The first kappa shape index (κ1) is 15.3. The summed E-state index contributed by atoms with van der Waals surface area (Å²) in [5, 5.41) is 0.877. The highest BCUT2D eigenvalue weighted by molar-refractivity contribution is 6.14. The zero-order chi connectivity index (χ0) is 17.6. The van der Waals surface area contributed by atoms with Crippen LogP contribution in [0.2, 0.25) is 0 Å². The van der Waals surface area contributed by atoms with E-state index in [1.54, 1.807) is 6.07 Å². The number of rotatable bonds is 1. The highest BCUT2D eigenvalue weighted by atomic mass is 19.1. The monoisotopic (exact) mass is 335 g/mol. The predicted octanol–water partition coefficient (Wildman–Crippen LogP) is 3.63. The van der Waals surface area contributed by atoms with Crippen LogP contribution in [0.15, 0.2) is 52.8 Å². The molecule has 1 aliphatic rings. The lowest BCUT2D eigenvalue weighted by Gasteiger charge is -2.18. The predicted molar refractivity (Wildman–Crippen MR) is 93.5 cm³/mol. The number of fused-ring (bicyclic) bond motifs is 2. The number of aromatic amines is 1. The van der Waals surface area contributed by atoms with Crippen LogP contribution in [0.4, 0.5) is 4.39 Å². The van der Waals surface area contributed by atoms with Gasteiger partial charge in [-0.3, -0.25) is 9.59 Å². The first-order valence-corrected chi connectivity index (χ1v) is 7.82. The normalized spacial score (nSPS) is 15.3. The first-order chi connectivity index (χ1) is 12.0. The summed E-state index contributed by atoms with van der Waals surface area (Å²) in [4.78, 5) is 27.7. The fraction of sp³-hybridized carbons (Fsp3) is 0.100. The van der Waals surface area contributed by atoms with E-state index in [0.29, 0.717) is 16.9 Å². The molecule has 124 valence electrons. The molecule has 2 aromatic carbocycles. The molecule has 0 saturated carbocycles. The van der Waals surface area contributed by atoms with Gasteiger partial charge >= 0.3 is 0 Å². The quantitative estimate of drug-likeness (QED) is 0.691. The Morgan fingerprint density at radius 1 is 1.12 bits per heavy atom. The molecule has 0 spiro atoms. The molecule has 0 unspecified atom stereocenters. The van der Waals surface area contributed by atoms with Gasteiger partial charge in [0.05, 0.1) is 5.56 Å². The van der Waals surface area contributed by atoms with E-state index in [1.807, 2.05) is 25.1 Å². The number of ether oxygens (including phenoxy) is 1. The Morgan fingerprint density at radius 2 is 1.96 bits per heavy atom. The van der Waals surface area contributed by atoms with E-state index in [9.17, 15) is 14.0 Å². The van der Waals surface area contributed by atoms with Gasteiger partial charge in [-0.05, 0) is 54.8 Å². The van der Waals surface area contributed by atoms with Crippen molar-refractivity contribution in [1.29, 1.82) is 0 Å². The third-order valence-electron chi connectivity index (χ3n) is 4.22. The maximum Gasteiger partial charge on any atom is 0.255 e. The molecule has 5 heteroatoms. The lowest BCUT2D eigenvalue weighted by molar-refractivity contribution is 0.1000. The summed E-state index contributed by atoms with van der Waals surface area (Å²) in [5.41, 5.74) is 2.36. The van der Waals surface area contributed by atoms with Crippen molar-refractivity contribution in [3.8, 4) is 5.75 Å². The minimum absolute atomic E-state index is 0.0444. The Hall–Kier alpha value is -3.21. The molecule has 1 aliphatic heterocycles. The van der Waals surface area contributed by atoms with Crippen molar-refractivity contribution in [1.82, 2.24) is 4.98 Å². The van der Waals surface area contributed by atoms with E-state index in [-0.39, 0.29) is 23.5 Å². The summed E-state index contributed by atoms with van der Waals surface area (Å²) in [6.45, 7) is 2.01. The summed E-state index contributed by atoms with van der Waals surface area (Å²) < 4.78 is 18.9. The molecule has 0 aliphatic carbocycles. The van der Waals surface area contributed by atoms with Crippen LogP contribution in [0.5, 0.6) is 5.75 Å². The van der Waals surface area contributed by atoms with E-state index < -0.39 is 5.82 Å². The summed E-state index contributed by atoms with van der Waals surface area (Å²) in [5.74, 6) is -0.480. The van der Waals surface area contributed by atoms with Gasteiger partial charge < -0.3 is 9.72 Å². The van der Waals surface area contributed by atoms with Crippen molar-refractivity contribution in [2.75, 3.05) is 6.61 Å². The second kappa shape index (κ2) is 5.70. The molecule has 0 radical (unpaired) electrons. The molecule has 0 amide bonds. The van der Waals surface area contributed by atoms with Gasteiger partial charge in [-0.15, -0.1) is 0 Å². The maximum absolute atomic E-state index is 13.4. The molecule has 3 aromatic rings. The number of pyridine rings is 1. The van der Waals surface area contributed by atoms with Crippen molar-refractivity contribution in [3.63, 3.8) is 0 Å². The van der Waals surface area contributed by atoms with Crippen LogP contribution in [-0.2, 0) is 0 Å². The number of nitrogens with one attached hydrogen (secondary N) is 1. The Bertz CT molecular complexity index is 1110. The molecule has 4 rings (SSSR count). The lowest BCUT2D eigenvalue weighted by atomic mass is 9.98. The number of hydrogen-bond acceptors (Lipinski definition) is 3. The van der Waals surface area contributed by atoms with Gasteiger partial charge in [-0.1, -0.05) is 11.6 Å². The molecule has 1 N–H and O–H groups in total. The number of carbonyl (C=O) groups is 1. The van der Waals surface area contributed by atoms with Gasteiger partial charge in [0.25, 0.3) is 5.56 Å². The molecule has 25 heavy (non-hydrogen) atoms. The molecule has 0 fully saturated rings. The largest absolute Gasteiger partial charge is 0.488 e. The number of halogens is 1. The van der Waals surface area contributed by atoms with E-state index in [4.69, 9.17) is 4.74 Å². The van der Waals surface area contributed by atoms with Crippen LogP contribution in [-0.4, -0.2) is 17.4 Å². The molecule has 1 aromatic heterocycles. The number of hydrogen-bond donors (Lipinski definition) is 1. The molecule has 0 saturated heterocycles. The third kappa shape index (κ3) is 2.74. The van der Waals surface area contributed by atoms with Gasteiger partial charge in [-0.2, -0.15) is 0 Å². The lowest BCUT2D eigenvalue weighted by Crippen LogP contribution is -2.20. The fourth-order valence-corrected chi connectivity index (χ4v) is 2.94. The minimum atomic E-state index is -0.504. The van der Waals surface area contributed by atoms with Crippen LogP contribution >= 0.6 is 0 Å². The molecule has 0 atom stereocenters. The summed E-state index contributed by atoms with van der Waals surface area (Å²) in [6.07, 6.45) is 1.51. The average Bonchev–Trinajstić information content (AvgIpc) is 2.59. The summed E-state index contributed by atoms with van der Waals surface area (Å²) in [6, 6.07) is 11.3. The standard InChI is InChI=1S/C20H14FNO3/c1-11-2-4-17-12(6-11)7-13(20(24)22-17)8-14-10-25-18-5-3-15(21)9-16(18)19(14)23/h2-9H,10H2,1H3,(H,22,24). The average molecular weight is 335 g/mol. The highest BCUT2D eigenvalue weighted by Gasteiger charge is 2.24.